The van der Waals surface area contributed by atoms with Crippen molar-refractivity contribution >= 4 is 5.97 Å². The molecule has 0 spiro atoms. The predicted molar refractivity (Wildman–Crippen MR) is 47.5 cm³/mol. The maximum Gasteiger partial charge on any atom is 0.307 e. The molecule has 0 bridgehead atoms. The second-order valence-corrected chi connectivity index (χ2v) is 3.24. The maximum atomic E-state index is 10.7. The van der Waals surface area contributed by atoms with E-state index in [0.29, 0.717) is 5.92 Å². The fourth-order valence-corrected chi connectivity index (χ4v) is 1.61. The minimum Gasteiger partial charge on any atom is -0.431 e. The molecule has 0 saturated carbocycles. The van der Waals surface area contributed by atoms with Crippen LogP contribution in [0.4, 0.5) is 0 Å². The highest BCUT2D eigenvalue weighted by molar-refractivity contribution is 5.67. The van der Waals surface area contributed by atoms with Crippen LogP contribution in [0.2, 0.25) is 0 Å². The molecule has 68 valence electrons. The fraction of sp³-hybridized carbons (Fsp3) is 0.700. The molecule has 12 heavy (non-hydrogen) atoms. The van der Waals surface area contributed by atoms with Gasteiger partial charge in [-0.3, -0.25) is 4.79 Å². The Morgan fingerprint density at radius 1 is 1.75 bits per heavy atom. The number of ether oxygens (including phenoxy) is 1. The van der Waals surface area contributed by atoms with Crippen LogP contribution in [0.1, 0.15) is 39.5 Å². The summed E-state index contributed by atoms with van der Waals surface area (Å²) in [6.07, 6.45) is 6.57. The van der Waals surface area contributed by atoms with E-state index in [2.05, 4.69) is 13.0 Å². The Kier molecular flexibility index (Phi) is 3.32. The highest BCUT2D eigenvalue weighted by atomic mass is 16.5. The Morgan fingerprint density at radius 3 is 3.08 bits per heavy atom. The summed E-state index contributed by atoms with van der Waals surface area (Å²) in [5.74, 6) is 1.18. The van der Waals surface area contributed by atoms with Crippen molar-refractivity contribution in [2.45, 2.75) is 39.5 Å². The Labute approximate surface area is 73.6 Å². The number of hydrogen-bond acceptors (Lipinski definition) is 2. The van der Waals surface area contributed by atoms with E-state index in [1.54, 1.807) is 0 Å². The van der Waals surface area contributed by atoms with E-state index in [4.69, 9.17) is 4.74 Å². The molecule has 0 amide bonds. The topological polar surface area (TPSA) is 26.3 Å². The first kappa shape index (κ1) is 9.30. The van der Waals surface area contributed by atoms with E-state index in [1.807, 2.05) is 0 Å². The van der Waals surface area contributed by atoms with Crippen LogP contribution in [-0.2, 0) is 9.53 Å². The van der Waals surface area contributed by atoms with Crippen molar-refractivity contribution in [3.8, 4) is 0 Å². The van der Waals surface area contributed by atoms with Gasteiger partial charge < -0.3 is 4.74 Å². The number of allylic oxidation sites excluding steroid dienone is 2. The van der Waals surface area contributed by atoms with Gasteiger partial charge in [0.1, 0.15) is 5.76 Å². The van der Waals surface area contributed by atoms with Crippen molar-refractivity contribution in [3.05, 3.63) is 11.8 Å². The summed E-state index contributed by atoms with van der Waals surface area (Å²) in [6, 6.07) is 0. The third-order valence-corrected chi connectivity index (χ3v) is 2.26. The van der Waals surface area contributed by atoms with Crippen LogP contribution in [0.15, 0.2) is 11.8 Å². The molecule has 0 fully saturated rings. The SMILES string of the molecule is CCC1CCCC=C1OC(C)=O. The highest BCUT2D eigenvalue weighted by Crippen LogP contribution is 2.27. The van der Waals surface area contributed by atoms with E-state index in [1.165, 1.54) is 13.3 Å². The lowest BCUT2D eigenvalue weighted by molar-refractivity contribution is -0.137. The van der Waals surface area contributed by atoms with Gasteiger partial charge in [-0.25, -0.2) is 0 Å². The van der Waals surface area contributed by atoms with Gasteiger partial charge in [0.25, 0.3) is 0 Å². The molecular weight excluding hydrogens is 152 g/mol. The standard InChI is InChI=1S/C10H16O2/c1-3-9-6-4-5-7-10(9)12-8(2)11/h7,9H,3-6H2,1-2H3. The third kappa shape index (κ3) is 2.36. The number of carbonyl (C=O) groups excluding carboxylic acids is 1. The van der Waals surface area contributed by atoms with E-state index >= 15 is 0 Å². The van der Waals surface area contributed by atoms with Crippen molar-refractivity contribution in [3.63, 3.8) is 0 Å². The first-order valence-corrected chi connectivity index (χ1v) is 4.62. The minimum atomic E-state index is -0.193. The summed E-state index contributed by atoms with van der Waals surface area (Å²) in [6.45, 7) is 3.59. The normalized spacial score (nSPS) is 23.2. The fourth-order valence-electron chi connectivity index (χ4n) is 1.61. The molecule has 0 N–H and O–H groups in total. The second kappa shape index (κ2) is 4.29. The van der Waals surface area contributed by atoms with Gasteiger partial charge in [0.2, 0.25) is 0 Å². The zero-order chi connectivity index (χ0) is 8.97. The average molecular weight is 168 g/mol. The molecule has 1 atom stereocenters. The molecule has 0 radical (unpaired) electrons. The van der Waals surface area contributed by atoms with E-state index < -0.39 is 0 Å². The summed E-state index contributed by atoms with van der Waals surface area (Å²) in [7, 11) is 0. The zero-order valence-corrected chi connectivity index (χ0v) is 7.80. The van der Waals surface area contributed by atoms with Crippen molar-refractivity contribution < 1.29 is 9.53 Å². The van der Waals surface area contributed by atoms with Gasteiger partial charge in [0.15, 0.2) is 0 Å². The predicted octanol–water partition coefficient (Wildman–Crippen LogP) is 2.64. The zero-order valence-electron chi connectivity index (χ0n) is 7.80. The summed E-state index contributed by atoms with van der Waals surface area (Å²) in [5, 5.41) is 0. The van der Waals surface area contributed by atoms with Crippen LogP contribution in [0.25, 0.3) is 0 Å². The lowest BCUT2D eigenvalue weighted by Gasteiger charge is -2.21. The summed E-state index contributed by atoms with van der Waals surface area (Å²) < 4.78 is 5.12. The molecule has 0 heterocycles. The van der Waals surface area contributed by atoms with Gasteiger partial charge in [-0.15, -0.1) is 0 Å². The third-order valence-electron chi connectivity index (χ3n) is 2.26. The minimum absolute atomic E-state index is 0.193. The molecule has 0 aromatic rings. The van der Waals surface area contributed by atoms with Gasteiger partial charge in [-0.2, -0.15) is 0 Å². The van der Waals surface area contributed by atoms with Gasteiger partial charge in [-0.1, -0.05) is 6.92 Å². The molecule has 1 rings (SSSR count). The summed E-state index contributed by atoms with van der Waals surface area (Å²) >= 11 is 0. The van der Waals surface area contributed by atoms with Gasteiger partial charge >= 0.3 is 5.97 Å². The molecular formula is C10H16O2. The Bertz CT molecular complexity index is 194. The van der Waals surface area contributed by atoms with Crippen LogP contribution in [-0.4, -0.2) is 5.97 Å². The molecule has 0 saturated heterocycles. The van der Waals surface area contributed by atoms with Gasteiger partial charge in [-0.05, 0) is 31.8 Å². The first-order valence-electron chi connectivity index (χ1n) is 4.62. The molecule has 1 aliphatic rings. The van der Waals surface area contributed by atoms with E-state index in [9.17, 15) is 4.79 Å². The number of carbonyl (C=O) groups is 1. The largest absolute Gasteiger partial charge is 0.431 e. The molecule has 1 aliphatic carbocycles. The number of rotatable bonds is 2. The molecule has 0 aromatic heterocycles. The summed E-state index contributed by atoms with van der Waals surface area (Å²) in [5.41, 5.74) is 0. The highest BCUT2D eigenvalue weighted by Gasteiger charge is 2.18. The molecule has 2 heteroatoms. The van der Waals surface area contributed by atoms with E-state index in [-0.39, 0.29) is 5.97 Å². The maximum absolute atomic E-state index is 10.7. The van der Waals surface area contributed by atoms with Crippen molar-refractivity contribution in [2.75, 3.05) is 0 Å². The molecule has 2 nitrogen and oxygen atoms in total. The lowest BCUT2D eigenvalue weighted by Crippen LogP contribution is -2.12. The Morgan fingerprint density at radius 2 is 2.50 bits per heavy atom. The van der Waals surface area contributed by atoms with Crippen LogP contribution in [0.5, 0.6) is 0 Å². The van der Waals surface area contributed by atoms with Crippen molar-refractivity contribution in [1.82, 2.24) is 0 Å². The van der Waals surface area contributed by atoms with Crippen molar-refractivity contribution in [2.24, 2.45) is 5.92 Å². The monoisotopic (exact) mass is 168 g/mol. The first-order chi connectivity index (χ1) is 5.74. The van der Waals surface area contributed by atoms with Crippen LogP contribution >= 0.6 is 0 Å². The van der Waals surface area contributed by atoms with Crippen LogP contribution in [0, 0.1) is 5.92 Å². The lowest BCUT2D eigenvalue weighted by atomic mass is 9.92. The molecule has 1 unspecified atom stereocenters. The van der Waals surface area contributed by atoms with Crippen LogP contribution in [0.3, 0.4) is 0 Å². The smallest absolute Gasteiger partial charge is 0.307 e. The average Bonchev–Trinajstić information content (AvgIpc) is 2.04. The Balaban J connectivity index is 2.57. The number of esters is 1. The molecule has 0 aliphatic heterocycles. The van der Waals surface area contributed by atoms with Gasteiger partial charge in [0, 0.05) is 12.8 Å². The summed E-state index contributed by atoms with van der Waals surface area (Å²) in [4.78, 5) is 10.7. The van der Waals surface area contributed by atoms with Crippen molar-refractivity contribution in [1.29, 1.82) is 0 Å². The molecule has 0 aromatic carbocycles. The quantitative estimate of drug-likeness (QED) is 0.592. The number of hydrogen-bond donors (Lipinski definition) is 0. The van der Waals surface area contributed by atoms with Gasteiger partial charge in [0.05, 0.1) is 0 Å². The van der Waals surface area contributed by atoms with Crippen LogP contribution < -0.4 is 0 Å². The Hall–Kier alpha value is -0.790. The second-order valence-electron chi connectivity index (χ2n) is 3.24. The van der Waals surface area contributed by atoms with E-state index in [0.717, 1.165) is 25.0 Å².